The standard InChI is InChI=1S/2C12H10N2O4.Pb/c2*1-6-2-4-7(5-3-6)10-13-8(11(15)16)9(14-10)12(17)18;/h2*2-5H,1H3,(H,13,14)(H,15,16)(H,17,18);/q;;+2/p-2. The van der Waals surface area contributed by atoms with E-state index in [1.165, 1.54) is 0 Å². The zero-order valence-corrected chi connectivity index (χ0v) is 23.2. The molecule has 2 heterocycles. The number of nitrogens with zero attached hydrogens (tertiary/aromatic N) is 2. The van der Waals surface area contributed by atoms with Crippen molar-refractivity contribution in [2.75, 3.05) is 0 Å². The number of hydrogen-bond acceptors (Lipinski definition) is 8. The average molecular weight is 698 g/mol. The maximum absolute atomic E-state index is 10.9. The SMILES string of the molecule is Cc1ccc(-c2nc(C(=O)[O-])c(C(=O)O)[nH]2)cc1.Cc1ccc(-c2nc(C(=O)[O-])c(C(=O)O)[nH]2)cc1.[Pb+2]. The van der Waals surface area contributed by atoms with Crippen LogP contribution in [-0.2, 0) is 0 Å². The number of carbonyl (C=O) groups excluding carboxylic acids is 2. The second-order valence-electron chi connectivity index (χ2n) is 7.54. The van der Waals surface area contributed by atoms with E-state index in [0.29, 0.717) is 11.1 Å². The Morgan fingerprint density at radius 3 is 1.16 bits per heavy atom. The first-order valence-corrected chi connectivity index (χ1v) is 10.2. The van der Waals surface area contributed by atoms with Crippen LogP contribution in [0.3, 0.4) is 0 Å². The molecule has 37 heavy (non-hydrogen) atoms. The van der Waals surface area contributed by atoms with E-state index in [9.17, 15) is 29.4 Å². The number of carboxylic acids is 4. The molecule has 0 aliphatic carbocycles. The third-order valence-electron chi connectivity index (χ3n) is 4.87. The fourth-order valence-electron chi connectivity index (χ4n) is 3.05. The second-order valence-corrected chi connectivity index (χ2v) is 7.54. The molecule has 0 saturated carbocycles. The summed E-state index contributed by atoms with van der Waals surface area (Å²) in [5.41, 5.74) is 1.12. The zero-order valence-electron chi connectivity index (χ0n) is 19.4. The molecule has 0 aliphatic rings. The van der Waals surface area contributed by atoms with Gasteiger partial charge in [0.2, 0.25) is 0 Å². The molecule has 0 atom stereocenters. The minimum atomic E-state index is -1.62. The molecule has 0 fully saturated rings. The summed E-state index contributed by atoms with van der Waals surface area (Å²) in [4.78, 5) is 55.7. The van der Waals surface area contributed by atoms with E-state index in [2.05, 4.69) is 19.9 Å². The Bertz CT molecular complexity index is 1280. The summed E-state index contributed by atoms with van der Waals surface area (Å²) in [6, 6.07) is 14.2. The van der Waals surface area contributed by atoms with Crippen LogP contribution in [0.25, 0.3) is 22.8 Å². The fraction of sp³-hybridized carbons (Fsp3) is 0.0833. The molecule has 2 radical (unpaired) electrons. The minimum absolute atomic E-state index is 0. The van der Waals surface area contributed by atoms with Gasteiger partial charge in [0, 0.05) is 11.1 Å². The molecule has 4 rings (SSSR count). The van der Waals surface area contributed by atoms with Crippen molar-refractivity contribution in [3.05, 3.63) is 82.4 Å². The number of aromatic nitrogens is 4. The molecule has 2 aromatic heterocycles. The van der Waals surface area contributed by atoms with Gasteiger partial charge in [-0.3, -0.25) is 0 Å². The van der Waals surface area contributed by atoms with E-state index in [-0.39, 0.29) is 38.9 Å². The van der Waals surface area contributed by atoms with Crippen molar-refractivity contribution in [2.24, 2.45) is 0 Å². The van der Waals surface area contributed by atoms with Crippen molar-refractivity contribution in [1.29, 1.82) is 0 Å². The molecular formula is C24H18N4O8Pb. The van der Waals surface area contributed by atoms with E-state index < -0.39 is 46.7 Å². The average Bonchev–Trinajstić information content (AvgIpc) is 3.47. The van der Waals surface area contributed by atoms with E-state index in [4.69, 9.17) is 10.2 Å². The second kappa shape index (κ2) is 12.1. The molecule has 0 amide bonds. The van der Waals surface area contributed by atoms with Gasteiger partial charge in [0.05, 0.1) is 11.9 Å². The van der Waals surface area contributed by atoms with E-state index in [0.717, 1.165) is 11.1 Å². The maximum Gasteiger partial charge on any atom is 2.00 e. The van der Waals surface area contributed by atoms with Crippen molar-refractivity contribution >= 4 is 51.2 Å². The number of hydrogen-bond donors (Lipinski definition) is 4. The number of H-pyrrole nitrogens is 2. The molecule has 0 saturated heterocycles. The summed E-state index contributed by atoms with van der Waals surface area (Å²) in [6.07, 6.45) is 0. The third-order valence-corrected chi connectivity index (χ3v) is 4.87. The minimum Gasteiger partial charge on any atom is -0.543 e. The largest absolute Gasteiger partial charge is 2.00 e. The molecule has 13 heteroatoms. The van der Waals surface area contributed by atoms with Gasteiger partial charge < -0.3 is 40.0 Å². The van der Waals surface area contributed by atoms with Crippen LogP contribution in [0.5, 0.6) is 0 Å². The number of aromatic amines is 2. The predicted octanol–water partition coefficient (Wildman–Crippen LogP) is 0.513. The Labute approximate surface area is 229 Å². The quantitative estimate of drug-likeness (QED) is 0.205. The van der Waals surface area contributed by atoms with Crippen LogP contribution in [0.15, 0.2) is 48.5 Å². The summed E-state index contributed by atoms with van der Waals surface area (Å²) in [5.74, 6) is -5.65. The number of rotatable bonds is 6. The summed E-state index contributed by atoms with van der Waals surface area (Å²) >= 11 is 0. The van der Waals surface area contributed by atoms with Gasteiger partial charge in [-0.2, -0.15) is 0 Å². The normalized spacial score (nSPS) is 10.0. The van der Waals surface area contributed by atoms with Gasteiger partial charge in [-0.05, 0) is 13.8 Å². The van der Waals surface area contributed by atoms with Crippen LogP contribution in [0, 0.1) is 13.8 Å². The fourth-order valence-corrected chi connectivity index (χ4v) is 3.05. The van der Waals surface area contributed by atoms with Gasteiger partial charge in [0.15, 0.2) is 11.4 Å². The van der Waals surface area contributed by atoms with Crippen molar-refractivity contribution in [3.63, 3.8) is 0 Å². The number of aromatic carboxylic acids is 4. The Balaban J connectivity index is 0.000000253. The predicted molar refractivity (Wildman–Crippen MR) is 126 cm³/mol. The number of aryl methyl sites for hydroxylation is 2. The number of carboxylic acid groups (broad SMARTS) is 4. The Morgan fingerprint density at radius 1 is 0.649 bits per heavy atom. The number of benzene rings is 2. The third kappa shape index (κ3) is 6.87. The van der Waals surface area contributed by atoms with Crippen molar-refractivity contribution in [2.45, 2.75) is 13.8 Å². The summed E-state index contributed by atoms with van der Waals surface area (Å²) < 4.78 is 0. The van der Waals surface area contributed by atoms with Crippen molar-refractivity contribution in [3.8, 4) is 22.8 Å². The molecule has 12 nitrogen and oxygen atoms in total. The summed E-state index contributed by atoms with van der Waals surface area (Å²) in [6.45, 7) is 3.81. The molecule has 0 spiro atoms. The van der Waals surface area contributed by atoms with E-state index >= 15 is 0 Å². The van der Waals surface area contributed by atoms with Gasteiger partial charge in [0.25, 0.3) is 0 Å². The van der Waals surface area contributed by atoms with Crippen LogP contribution >= 0.6 is 0 Å². The Morgan fingerprint density at radius 2 is 0.946 bits per heavy atom. The molecular weight excluding hydrogens is 679 g/mol. The first-order valence-electron chi connectivity index (χ1n) is 10.2. The molecule has 4 N–H and O–H groups in total. The van der Waals surface area contributed by atoms with Crippen LogP contribution < -0.4 is 10.2 Å². The molecule has 0 aliphatic heterocycles. The molecule has 0 unspecified atom stereocenters. The van der Waals surface area contributed by atoms with Gasteiger partial charge in [-0.1, -0.05) is 59.7 Å². The van der Waals surface area contributed by atoms with Gasteiger partial charge in [0.1, 0.15) is 23.0 Å². The first kappa shape index (κ1) is 28.9. The van der Waals surface area contributed by atoms with Crippen LogP contribution in [0.4, 0.5) is 0 Å². The Kier molecular flexibility index (Phi) is 9.43. The van der Waals surface area contributed by atoms with E-state index in [1.54, 1.807) is 24.3 Å². The summed E-state index contributed by atoms with van der Waals surface area (Å²) in [5, 5.41) is 39.2. The van der Waals surface area contributed by atoms with E-state index in [1.807, 2.05) is 38.1 Å². The number of imidazole rings is 2. The maximum atomic E-state index is 10.9. The van der Waals surface area contributed by atoms with Gasteiger partial charge in [-0.25, -0.2) is 19.6 Å². The van der Waals surface area contributed by atoms with Crippen molar-refractivity contribution < 1.29 is 39.6 Å². The summed E-state index contributed by atoms with van der Waals surface area (Å²) in [7, 11) is 0. The molecule has 2 aromatic carbocycles. The van der Waals surface area contributed by atoms with Crippen LogP contribution in [0.1, 0.15) is 53.1 Å². The van der Waals surface area contributed by atoms with Crippen LogP contribution in [-0.4, -0.2) is 81.3 Å². The van der Waals surface area contributed by atoms with Gasteiger partial charge >= 0.3 is 39.2 Å². The van der Waals surface area contributed by atoms with Crippen molar-refractivity contribution in [1.82, 2.24) is 19.9 Å². The smallest absolute Gasteiger partial charge is 0.543 e. The van der Waals surface area contributed by atoms with Gasteiger partial charge in [-0.15, -0.1) is 0 Å². The molecule has 186 valence electrons. The monoisotopic (exact) mass is 698 g/mol. The zero-order chi connectivity index (χ0) is 26.6. The number of nitrogens with one attached hydrogen (secondary N) is 2. The van der Waals surface area contributed by atoms with Crippen LogP contribution in [0.2, 0.25) is 0 Å². The first-order chi connectivity index (χ1) is 17.0. The Hall–Kier alpha value is -4.34. The molecule has 0 bridgehead atoms. The number of carbonyl (C=O) groups is 4. The topological polar surface area (TPSA) is 212 Å². The molecule has 4 aromatic rings.